The van der Waals surface area contributed by atoms with Crippen LogP contribution in [-0.4, -0.2) is 53.2 Å². The molecule has 0 aromatic carbocycles. The van der Waals surface area contributed by atoms with Gasteiger partial charge in [-0.3, -0.25) is 4.79 Å². The number of carbonyl (C=O) groups excluding carboxylic acids is 1. The number of fused-ring (bicyclic) bond motifs is 1. The number of thiophene rings is 1. The molecule has 27 heavy (non-hydrogen) atoms. The number of sulfonamides is 1. The van der Waals surface area contributed by atoms with E-state index in [1.54, 1.807) is 18.9 Å². The number of primary sulfonamides is 1. The molecule has 2 heterocycles. The molecule has 8 nitrogen and oxygen atoms in total. The lowest BCUT2D eigenvalue weighted by Crippen LogP contribution is -2.40. The molecule has 154 valence electrons. The summed E-state index contributed by atoms with van der Waals surface area (Å²) in [6.07, 6.45) is 1.46. The Morgan fingerprint density at radius 2 is 2.07 bits per heavy atom. The van der Waals surface area contributed by atoms with E-state index < -0.39 is 31.2 Å². The first-order valence-corrected chi connectivity index (χ1v) is 12.7. The summed E-state index contributed by atoms with van der Waals surface area (Å²) in [6, 6.07) is 0.828. The van der Waals surface area contributed by atoms with Gasteiger partial charge in [0.05, 0.1) is 11.3 Å². The van der Waals surface area contributed by atoms with Crippen LogP contribution in [0.4, 0.5) is 0 Å². The van der Waals surface area contributed by atoms with Gasteiger partial charge in [0.15, 0.2) is 9.84 Å². The van der Waals surface area contributed by atoms with E-state index in [4.69, 9.17) is 9.88 Å². The normalized spacial score (nSPS) is 21.6. The second kappa shape index (κ2) is 8.56. The number of hydrogen-bond acceptors (Lipinski definition) is 7. The van der Waals surface area contributed by atoms with Gasteiger partial charge in [0.2, 0.25) is 15.9 Å². The summed E-state index contributed by atoms with van der Waals surface area (Å²) in [5.41, 5.74) is 0.357. The van der Waals surface area contributed by atoms with Crippen molar-refractivity contribution in [2.75, 3.05) is 20.3 Å². The van der Waals surface area contributed by atoms with Gasteiger partial charge >= 0.3 is 0 Å². The highest BCUT2D eigenvalue weighted by Gasteiger charge is 2.43. The quantitative estimate of drug-likeness (QED) is 0.616. The first-order valence-electron chi connectivity index (χ1n) is 8.76. The molecule has 1 unspecified atom stereocenters. The van der Waals surface area contributed by atoms with Gasteiger partial charge in [-0.15, -0.1) is 11.3 Å². The fourth-order valence-electron chi connectivity index (χ4n) is 3.41. The standard InChI is InChI=1S/C16H26N2O6S3/c1-4-14(19)18(5-2)13-9-11(7-6-8-24-3)26(20,21)16-12(13)10-15(25-16)27(17,22)23/h10-11,13H,4-9H2,1-3H3,(H2,17,22,23)/t11?,13-/m0/s1. The minimum Gasteiger partial charge on any atom is -0.385 e. The molecule has 0 bridgehead atoms. The molecule has 0 spiro atoms. The predicted octanol–water partition coefficient (Wildman–Crippen LogP) is 1.67. The Morgan fingerprint density at radius 3 is 2.59 bits per heavy atom. The third-order valence-electron chi connectivity index (χ3n) is 4.74. The molecule has 0 radical (unpaired) electrons. The van der Waals surface area contributed by atoms with Gasteiger partial charge in [-0.2, -0.15) is 0 Å². The second-order valence-corrected chi connectivity index (χ2v) is 11.7. The predicted molar refractivity (Wildman–Crippen MR) is 103 cm³/mol. The smallest absolute Gasteiger partial charge is 0.247 e. The van der Waals surface area contributed by atoms with Crippen molar-refractivity contribution in [3.8, 4) is 0 Å². The van der Waals surface area contributed by atoms with Crippen LogP contribution < -0.4 is 5.14 Å². The van der Waals surface area contributed by atoms with Crippen molar-refractivity contribution >= 4 is 37.1 Å². The Morgan fingerprint density at radius 1 is 1.41 bits per heavy atom. The van der Waals surface area contributed by atoms with Crippen LogP contribution in [0.2, 0.25) is 0 Å². The lowest BCUT2D eigenvalue weighted by Gasteiger charge is -2.37. The summed E-state index contributed by atoms with van der Waals surface area (Å²) in [6.45, 7) is 4.40. The van der Waals surface area contributed by atoms with Crippen LogP contribution >= 0.6 is 11.3 Å². The number of hydrogen-bond donors (Lipinski definition) is 1. The number of rotatable bonds is 8. The van der Waals surface area contributed by atoms with Crippen LogP contribution in [0.5, 0.6) is 0 Å². The van der Waals surface area contributed by atoms with E-state index in [2.05, 4.69) is 0 Å². The van der Waals surface area contributed by atoms with E-state index in [1.807, 2.05) is 6.92 Å². The van der Waals surface area contributed by atoms with Crippen LogP contribution in [0.1, 0.15) is 51.1 Å². The van der Waals surface area contributed by atoms with Crippen molar-refractivity contribution < 1.29 is 26.4 Å². The second-order valence-electron chi connectivity index (χ2n) is 6.44. The molecule has 1 aliphatic heterocycles. The zero-order chi connectivity index (χ0) is 20.4. The molecule has 2 atom stereocenters. The molecule has 1 aromatic rings. The van der Waals surface area contributed by atoms with Crippen LogP contribution in [0.25, 0.3) is 0 Å². The molecule has 1 aromatic heterocycles. The number of nitrogens with two attached hydrogens (primary N) is 1. The molecule has 0 aliphatic carbocycles. The summed E-state index contributed by atoms with van der Waals surface area (Å²) in [7, 11) is -6.19. The maximum absolute atomic E-state index is 13.1. The number of methoxy groups -OCH3 is 1. The number of amides is 1. The summed E-state index contributed by atoms with van der Waals surface area (Å²) in [4.78, 5) is 14.0. The van der Waals surface area contributed by atoms with Crippen LogP contribution in [0.3, 0.4) is 0 Å². The van der Waals surface area contributed by atoms with Gasteiger partial charge < -0.3 is 9.64 Å². The third kappa shape index (κ3) is 4.53. The number of nitrogens with zero attached hydrogens (tertiary/aromatic N) is 1. The van der Waals surface area contributed by atoms with Crippen molar-refractivity contribution in [1.29, 1.82) is 0 Å². The molecule has 2 N–H and O–H groups in total. The SMILES string of the molecule is CCC(=O)N(CC)[C@H]1CC(CCCOC)S(=O)(=O)c2sc(S(N)(=O)=O)cc21. The topological polar surface area (TPSA) is 124 Å². The van der Waals surface area contributed by atoms with Gasteiger partial charge in [0, 0.05) is 32.2 Å². The number of ether oxygens (including phenoxy) is 1. The minimum atomic E-state index is -4.04. The molecule has 1 aliphatic rings. The summed E-state index contributed by atoms with van der Waals surface area (Å²) >= 11 is 0.673. The zero-order valence-corrected chi connectivity index (χ0v) is 18.1. The lowest BCUT2D eigenvalue weighted by molar-refractivity contribution is -0.133. The number of sulfone groups is 1. The summed E-state index contributed by atoms with van der Waals surface area (Å²) < 4.78 is 54.5. The Hall–Kier alpha value is -1.01. The van der Waals surface area contributed by atoms with Crippen LogP contribution in [0, 0.1) is 0 Å². The van der Waals surface area contributed by atoms with Gasteiger partial charge in [-0.1, -0.05) is 6.92 Å². The van der Waals surface area contributed by atoms with E-state index in [9.17, 15) is 21.6 Å². The first-order chi connectivity index (χ1) is 12.6. The summed E-state index contributed by atoms with van der Waals surface area (Å²) in [5.74, 6) is -0.105. The molecule has 11 heteroatoms. The van der Waals surface area contributed by atoms with Crippen molar-refractivity contribution in [2.45, 2.75) is 59.2 Å². The highest BCUT2D eigenvalue weighted by molar-refractivity contribution is 7.95. The first kappa shape index (κ1) is 22.3. The van der Waals surface area contributed by atoms with E-state index in [0.717, 1.165) is 0 Å². The average molecular weight is 439 g/mol. The summed E-state index contributed by atoms with van der Waals surface area (Å²) in [5, 5.41) is 4.52. The van der Waals surface area contributed by atoms with Crippen LogP contribution in [0.15, 0.2) is 14.5 Å². The molecule has 0 saturated heterocycles. The third-order valence-corrected chi connectivity index (χ3v) is 10.1. The molecular formula is C16H26N2O6S3. The fraction of sp³-hybridized carbons (Fsp3) is 0.688. The Balaban J connectivity index is 2.58. The maximum atomic E-state index is 13.1. The van der Waals surface area contributed by atoms with Crippen LogP contribution in [-0.2, 0) is 29.4 Å². The van der Waals surface area contributed by atoms with Gasteiger partial charge in [-0.25, -0.2) is 22.0 Å². The molecule has 0 fully saturated rings. The van der Waals surface area contributed by atoms with Gasteiger partial charge in [0.1, 0.15) is 8.42 Å². The Labute approximate surface area is 164 Å². The highest BCUT2D eigenvalue weighted by Crippen LogP contribution is 2.46. The fourth-order valence-corrected chi connectivity index (χ4v) is 8.14. The minimum absolute atomic E-state index is 0.00699. The average Bonchev–Trinajstić information content (AvgIpc) is 3.06. The van der Waals surface area contributed by atoms with E-state index in [-0.39, 0.29) is 27.2 Å². The zero-order valence-electron chi connectivity index (χ0n) is 15.7. The largest absolute Gasteiger partial charge is 0.385 e. The van der Waals surface area contributed by atoms with Gasteiger partial charge in [0.25, 0.3) is 0 Å². The van der Waals surface area contributed by atoms with E-state index >= 15 is 0 Å². The Kier molecular flexibility index (Phi) is 7.06. The molecule has 0 saturated carbocycles. The van der Waals surface area contributed by atoms with Crippen molar-refractivity contribution in [3.05, 3.63) is 11.6 Å². The van der Waals surface area contributed by atoms with Crippen molar-refractivity contribution in [3.63, 3.8) is 0 Å². The lowest BCUT2D eigenvalue weighted by atomic mass is 9.99. The van der Waals surface area contributed by atoms with Crippen molar-refractivity contribution in [2.24, 2.45) is 5.14 Å². The molecule has 2 rings (SSSR count). The van der Waals surface area contributed by atoms with E-state index in [0.29, 0.717) is 42.9 Å². The van der Waals surface area contributed by atoms with Gasteiger partial charge in [-0.05, 0) is 32.3 Å². The number of carbonyl (C=O) groups is 1. The maximum Gasteiger partial charge on any atom is 0.247 e. The Bertz CT molecular complexity index is 891. The molecular weight excluding hydrogens is 412 g/mol. The monoisotopic (exact) mass is 438 g/mol. The highest BCUT2D eigenvalue weighted by atomic mass is 32.3. The van der Waals surface area contributed by atoms with E-state index in [1.165, 1.54) is 6.07 Å². The van der Waals surface area contributed by atoms with Crippen molar-refractivity contribution in [1.82, 2.24) is 4.90 Å². The molecule has 1 amide bonds.